The zero-order chi connectivity index (χ0) is 15.6. The lowest BCUT2D eigenvalue weighted by Crippen LogP contribution is -2.46. The first-order valence-electron chi connectivity index (χ1n) is 7.89. The molecule has 1 N–H and O–H groups in total. The average Bonchev–Trinajstić information content (AvgIpc) is 2.41. The normalized spacial score (nSPS) is 26.2. The highest BCUT2D eigenvalue weighted by Gasteiger charge is 2.32. The van der Waals surface area contributed by atoms with E-state index < -0.39 is 11.6 Å². The van der Waals surface area contributed by atoms with E-state index in [2.05, 4.69) is 26.1 Å². The molecule has 0 saturated carbocycles. The van der Waals surface area contributed by atoms with Crippen LogP contribution in [0.2, 0.25) is 0 Å². The largest absolute Gasteiger partial charge is 0.364 e. The smallest absolute Gasteiger partial charge is 0.149 e. The van der Waals surface area contributed by atoms with Crippen LogP contribution in [0.3, 0.4) is 0 Å². The molecule has 4 heteroatoms. The fourth-order valence-corrected chi connectivity index (χ4v) is 3.27. The van der Waals surface area contributed by atoms with Crippen molar-refractivity contribution in [2.45, 2.75) is 46.7 Å². The van der Waals surface area contributed by atoms with E-state index >= 15 is 0 Å². The third kappa shape index (κ3) is 3.54. The standard InChI is InChI=1S/C17H26F2N2/c1-5-20-9-14-7-15(18)17(16(19)8-14)21-10-11(2)6-12(3)13(21)4/h7-8,11-13,20H,5-6,9-10H2,1-4H3. The average molecular weight is 296 g/mol. The monoisotopic (exact) mass is 296 g/mol. The molecule has 1 aromatic rings. The molecule has 0 radical (unpaired) electrons. The third-order valence-electron chi connectivity index (χ3n) is 4.54. The van der Waals surface area contributed by atoms with Crippen LogP contribution in [0, 0.1) is 23.5 Å². The van der Waals surface area contributed by atoms with Crippen molar-refractivity contribution in [1.29, 1.82) is 0 Å². The van der Waals surface area contributed by atoms with Gasteiger partial charge in [-0.3, -0.25) is 0 Å². The molecule has 1 fully saturated rings. The summed E-state index contributed by atoms with van der Waals surface area (Å²) in [6.07, 6.45) is 1.11. The Labute approximate surface area is 126 Å². The number of hydrogen-bond donors (Lipinski definition) is 1. The van der Waals surface area contributed by atoms with Gasteiger partial charge >= 0.3 is 0 Å². The number of anilines is 1. The van der Waals surface area contributed by atoms with E-state index in [-0.39, 0.29) is 11.7 Å². The molecule has 0 aromatic heterocycles. The zero-order valence-corrected chi connectivity index (χ0v) is 13.4. The van der Waals surface area contributed by atoms with Crippen molar-refractivity contribution in [3.05, 3.63) is 29.3 Å². The fraction of sp³-hybridized carbons (Fsp3) is 0.647. The highest BCUT2D eigenvalue weighted by molar-refractivity contribution is 5.52. The van der Waals surface area contributed by atoms with E-state index in [4.69, 9.17) is 0 Å². The Hall–Kier alpha value is -1.16. The Morgan fingerprint density at radius 1 is 1.19 bits per heavy atom. The lowest BCUT2D eigenvalue weighted by atomic mass is 9.85. The number of halogens is 2. The van der Waals surface area contributed by atoms with Crippen LogP contribution in [0.4, 0.5) is 14.5 Å². The Balaban J connectivity index is 2.30. The summed E-state index contributed by atoms with van der Waals surface area (Å²) in [4.78, 5) is 1.90. The summed E-state index contributed by atoms with van der Waals surface area (Å²) in [5.41, 5.74) is 0.794. The molecule has 1 aliphatic heterocycles. The van der Waals surface area contributed by atoms with Crippen molar-refractivity contribution in [2.24, 2.45) is 11.8 Å². The summed E-state index contributed by atoms with van der Waals surface area (Å²) in [6.45, 7) is 10.3. The molecule has 1 aromatic carbocycles. The Bertz CT molecular complexity index is 467. The first-order chi connectivity index (χ1) is 9.93. The van der Waals surface area contributed by atoms with E-state index in [1.807, 2.05) is 11.8 Å². The zero-order valence-electron chi connectivity index (χ0n) is 13.4. The fourth-order valence-electron chi connectivity index (χ4n) is 3.27. The van der Waals surface area contributed by atoms with E-state index in [0.717, 1.165) is 13.0 Å². The van der Waals surface area contributed by atoms with Gasteiger partial charge in [0.25, 0.3) is 0 Å². The van der Waals surface area contributed by atoms with Crippen molar-refractivity contribution in [2.75, 3.05) is 18.0 Å². The Morgan fingerprint density at radius 3 is 2.38 bits per heavy atom. The summed E-state index contributed by atoms with van der Waals surface area (Å²) >= 11 is 0. The maximum atomic E-state index is 14.4. The van der Waals surface area contributed by atoms with Crippen LogP contribution in [0.5, 0.6) is 0 Å². The quantitative estimate of drug-likeness (QED) is 0.905. The molecule has 2 rings (SSSR count). The summed E-state index contributed by atoms with van der Waals surface area (Å²) in [5, 5.41) is 3.09. The van der Waals surface area contributed by atoms with Crippen LogP contribution in [-0.4, -0.2) is 19.1 Å². The highest BCUT2D eigenvalue weighted by Crippen LogP contribution is 2.34. The van der Waals surface area contributed by atoms with Gasteiger partial charge in [-0.25, -0.2) is 8.78 Å². The van der Waals surface area contributed by atoms with Crippen molar-refractivity contribution >= 4 is 5.69 Å². The minimum Gasteiger partial charge on any atom is -0.364 e. The predicted octanol–water partition coefficient (Wildman–Crippen LogP) is 3.95. The van der Waals surface area contributed by atoms with Crippen molar-refractivity contribution in [3.8, 4) is 0 Å². The number of rotatable bonds is 4. The number of hydrogen-bond acceptors (Lipinski definition) is 2. The van der Waals surface area contributed by atoms with Gasteiger partial charge in [-0.05, 0) is 49.4 Å². The maximum absolute atomic E-state index is 14.4. The van der Waals surface area contributed by atoms with Gasteiger partial charge in [0.1, 0.15) is 17.3 Å². The highest BCUT2D eigenvalue weighted by atomic mass is 19.1. The summed E-state index contributed by atoms with van der Waals surface area (Å²) in [5.74, 6) is -0.00229. The molecule has 21 heavy (non-hydrogen) atoms. The van der Waals surface area contributed by atoms with Crippen LogP contribution in [0.25, 0.3) is 0 Å². The first kappa shape index (κ1) is 16.2. The molecule has 0 aliphatic carbocycles. The molecule has 3 atom stereocenters. The van der Waals surface area contributed by atoms with Gasteiger partial charge in [-0.1, -0.05) is 20.8 Å². The summed E-state index contributed by atoms with van der Waals surface area (Å²) in [6, 6.07) is 3.07. The molecule has 3 unspecified atom stereocenters. The lowest BCUT2D eigenvalue weighted by Gasteiger charge is -2.42. The second-order valence-corrected chi connectivity index (χ2v) is 6.40. The summed E-state index contributed by atoms with van der Waals surface area (Å²) in [7, 11) is 0. The summed E-state index contributed by atoms with van der Waals surface area (Å²) < 4.78 is 28.9. The van der Waals surface area contributed by atoms with Crippen LogP contribution < -0.4 is 10.2 Å². The molecule has 2 nitrogen and oxygen atoms in total. The third-order valence-corrected chi connectivity index (χ3v) is 4.54. The number of piperidine rings is 1. The van der Waals surface area contributed by atoms with Gasteiger partial charge in [0.2, 0.25) is 0 Å². The minimum absolute atomic E-state index is 0.140. The minimum atomic E-state index is -0.448. The Kier molecular flexibility index (Phi) is 5.20. The molecule has 118 valence electrons. The lowest BCUT2D eigenvalue weighted by molar-refractivity contribution is 0.292. The van der Waals surface area contributed by atoms with E-state index in [1.165, 1.54) is 12.1 Å². The molecule has 0 bridgehead atoms. The molecular formula is C17H26F2N2. The van der Waals surface area contributed by atoms with Crippen LogP contribution in [-0.2, 0) is 6.54 Å². The number of nitrogens with one attached hydrogen (secondary N) is 1. The second-order valence-electron chi connectivity index (χ2n) is 6.40. The van der Waals surface area contributed by atoms with Gasteiger partial charge in [-0.2, -0.15) is 0 Å². The van der Waals surface area contributed by atoms with Crippen LogP contribution in [0.1, 0.15) is 39.7 Å². The van der Waals surface area contributed by atoms with Gasteiger partial charge in [-0.15, -0.1) is 0 Å². The second kappa shape index (κ2) is 6.73. The molecule has 0 spiro atoms. The number of benzene rings is 1. The van der Waals surface area contributed by atoms with Gasteiger partial charge in [0.05, 0.1) is 0 Å². The SMILES string of the molecule is CCNCc1cc(F)c(N2CC(C)CC(C)C2C)c(F)c1. The van der Waals surface area contributed by atoms with Crippen LogP contribution >= 0.6 is 0 Å². The van der Waals surface area contributed by atoms with Gasteiger partial charge in [0, 0.05) is 19.1 Å². The van der Waals surface area contributed by atoms with E-state index in [1.54, 1.807) is 0 Å². The van der Waals surface area contributed by atoms with Crippen molar-refractivity contribution in [3.63, 3.8) is 0 Å². The molecule has 1 heterocycles. The van der Waals surface area contributed by atoms with Gasteiger partial charge in [0.15, 0.2) is 0 Å². The Morgan fingerprint density at radius 2 is 1.81 bits per heavy atom. The van der Waals surface area contributed by atoms with E-state index in [9.17, 15) is 8.78 Å². The maximum Gasteiger partial charge on any atom is 0.149 e. The molecule has 1 aliphatic rings. The van der Waals surface area contributed by atoms with Crippen LogP contribution in [0.15, 0.2) is 12.1 Å². The predicted molar refractivity (Wildman–Crippen MR) is 83.5 cm³/mol. The van der Waals surface area contributed by atoms with Gasteiger partial charge < -0.3 is 10.2 Å². The molecule has 0 amide bonds. The first-order valence-corrected chi connectivity index (χ1v) is 7.89. The van der Waals surface area contributed by atoms with Crippen molar-refractivity contribution in [1.82, 2.24) is 5.32 Å². The number of nitrogens with zero attached hydrogens (tertiary/aromatic N) is 1. The molecule has 1 saturated heterocycles. The van der Waals surface area contributed by atoms with E-state index in [0.29, 0.717) is 30.5 Å². The molecular weight excluding hydrogens is 270 g/mol. The van der Waals surface area contributed by atoms with Crippen molar-refractivity contribution < 1.29 is 8.78 Å². The topological polar surface area (TPSA) is 15.3 Å².